The van der Waals surface area contributed by atoms with Crippen LogP contribution in [0.1, 0.15) is 30.4 Å². The summed E-state index contributed by atoms with van der Waals surface area (Å²) in [6.45, 7) is 2.03. The predicted octanol–water partition coefficient (Wildman–Crippen LogP) is 3.97. The number of nitrogens with one attached hydrogen (secondary N) is 2. The number of benzene rings is 2. The van der Waals surface area contributed by atoms with Gasteiger partial charge in [0.15, 0.2) is 0 Å². The molecular weight excluding hydrogens is 398 g/mol. The second-order valence-electron chi connectivity index (χ2n) is 6.75. The van der Waals surface area contributed by atoms with Crippen LogP contribution in [0.3, 0.4) is 0 Å². The first-order chi connectivity index (χ1) is 14.6. The van der Waals surface area contributed by atoms with Gasteiger partial charge in [-0.3, -0.25) is 9.59 Å². The van der Waals surface area contributed by atoms with Crippen molar-refractivity contribution in [3.05, 3.63) is 70.3 Å². The zero-order valence-electron chi connectivity index (χ0n) is 16.9. The van der Waals surface area contributed by atoms with Crippen molar-refractivity contribution in [2.24, 2.45) is 0 Å². The molecule has 0 saturated heterocycles. The van der Waals surface area contributed by atoms with Gasteiger partial charge in [-0.05, 0) is 24.1 Å². The number of hydrogen-bond donors (Lipinski definition) is 2. The molecule has 0 aromatic heterocycles. The molecule has 0 radical (unpaired) electrons. The van der Waals surface area contributed by atoms with Crippen LogP contribution in [-0.4, -0.2) is 24.7 Å². The molecule has 154 valence electrons. The van der Waals surface area contributed by atoms with Gasteiger partial charge in [-0.15, -0.1) is 0 Å². The third-order valence-electron chi connectivity index (χ3n) is 4.89. The van der Waals surface area contributed by atoms with Gasteiger partial charge in [0, 0.05) is 23.6 Å². The van der Waals surface area contributed by atoms with Crippen molar-refractivity contribution >= 4 is 29.3 Å². The van der Waals surface area contributed by atoms with Crippen LogP contribution in [0, 0.1) is 11.3 Å². The normalized spacial score (nSPS) is 15.9. The molecule has 0 aliphatic carbocycles. The van der Waals surface area contributed by atoms with Crippen molar-refractivity contribution in [1.82, 2.24) is 5.32 Å². The molecule has 1 aliphatic heterocycles. The molecule has 6 nitrogen and oxygen atoms in total. The van der Waals surface area contributed by atoms with Gasteiger partial charge in [0.2, 0.25) is 11.8 Å². The lowest BCUT2D eigenvalue weighted by atomic mass is 9.86. The third-order valence-corrected chi connectivity index (χ3v) is 5.91. The van der Waals surface area contributed by atoms with Crippen LogP contribution in [0.5, 0.6) is 5.75 Å². The van der Waals surface area contributed by atoms with E-state index in [0.717, 1.165) is 35.0 Å². The zero-order valence-corrected chi connectivity index (χ0v) is 17.7. The number of nitrogens with zero attached hydrogens (tertiary/aromatic N) is 1. The summed E-state index contributed by atoms with van der Waals surface area (Å²) in [6, 6.07) is 17.2. The molecule has 1 aliphatic rings. The molecule has 0 saturated carbocycles. The Hall–Kier alpha value is -3.24. The number of amides is 2. The third kappa shape index (κ3) is 4.84. The number of allylic oxidation sites excluding steroid dienone is 1. The Morgan fingerprint density at radius 3 is 2.73 bits per heavy atom. The molecule has 1 atom stereocenters. The van der Waals surface area contributed by atoms with Crippen molar-refractivity contribution in [2.45, 2.75) is 25.7 Å². The quantitative estimate of drug-likeness (QED) is 0.706. The van der Waals surface area contributed by atoms with E-state index in [-0.39, 0.29) is 24.0 Å². The Balaban J connectivity index is 1.79. The van der Waals surface area contributed by atoms with Crippen molar-refractivity contribution in [2.75, 3.05) is 18.2 Å². The van der Waals surface area contributed by atoms with E-state index in [0.29, 0.717) is 16.4 Å². The number of anilines is 1. The predicted molar refractivity (Wildman–Crippen MR) is 118 cm³/mol. The molecule has 3 rings (SSSR count). The highest BCUT2D eigenvalue weighted by atomic mass is 32.2. The second-order valence-corrected chi connectivity index (χ2v) is 7.73. The van der Waals surface area contributed by atoms with Crippen LogP contribution in [0.4, 0.5) is 5.69 Å². The van der Waals surface area contributed by atoms with Gasteiger partial charge in [-0.1, -0.05) is 55.1 Å². The molecule has 0 fully saturated rings. The summed E-state index contributed by atoms with van der Waals surface area (Å²) in [5.74, 6) is -0.0877. The number of para-hydroxylation sites is 2. The van der Waals surface area contributed by atoms with E-state index in [9.17, 15) is 14.9 Å². The Kier molecular flexibility index (Phi) is 7.15. The first-order valence-corrected chi connectivity index (χ1v) is 10.6. The number of thioether (sulfide) groups is 1. The molecule has 2 N–H and O–H groups in total. The van der Waals surface area contributed by atoms with Crippen LogP contribution < -0.4 is 15.4 Å². The van der Waals surface area contributed by atoms with Crippen LogP contribution in [-0.2, 0) is 16.0 Å². The Morgan fingerprint density at radius 2 is 2.00 bits per heavy atom. The molecule has 2 aromatic rings. The van der Waals surface area contributed by atoms with E-state index < -0.39 is 5.92 Å². The van der Waals surface area contributed by atoms with Crippen molar-refractivity contribution in [3.8, 4) is 11.8 Å². The van der Waals surface area contributed by atoms with Gasteiger partial charge in [0.1, 0.15) is 5.75 Å². The van der Waals surface area contributed by atoms with E-state index in [2.05, 4.69) is 16.7 Å². The summed E-state index contributed by atoms with van der Waals surface area (Å²) in [6.07, 6.45) is 0.966. The molecule has 30 heavy (non-hydrogen) atoms. The lowest BCUT2D eigenvalue weighted by Crippen LogP contribution is -2.31. The van der Waals surface area contributed by atoms with Gasteiger partial charge in [-0.25, -0.2) is 0 Å². The van der Waals surface area contributed by atoms with Gasteiger partial charge < -0.3 is 15.4 Å². The molecule has 2 amide bonds. The van der Waals surface area contributed by atoms with Crippen LogP contribution in [0.15, 0.2) is 59.1 Å². The van der Waals surface area contributed by atoms with Gasteiger partial charge >= 0.3 is 0 Å². The Labute approximate surface area is 180 Å². The van der Waals surface area contributed by atoms with E-state index >= 15 is 0 Å². The van der Waals surface area contributed by atoms with Gasteiger partial charge in [-0.2, -0.15) is 5.26 Å². The lowest BCUT2D eigenvalue weighted by molar-refractivity contribution is -0.121. The van der Waals surface area contributed by atoms with E-state index in [1.807, 2.05) is 55.5 Å². The fourth-order valence-corrected chi connectivity index (χ4v) is 4.30. The molecule has 2 aromatic carbocycles. The largest absolute Gasteiger partial charge is 0.496 e. The summed E-state index contributed by atoms with van der Waals surface area (Å²) in [7, 11) is 1.56. The number of nitriles is 1. The maximum absolute atomic E-state index is 12.5. The molecule has 0 unspecified atom stereocenters. The van der Waals surface area contributed by atoms with Crippen molar-refractivity contribution in [1.29, 1.82) is 5.26 Å². The highest BCUT2D eigenvalue weighted by Gasteiger charge is 2.31. The maximum Gasteiger partial charge on any atom is 0.234 e. The molecule has 7 heteroatoms. The van der Waals surface area contributed by atoms with Crippen LogP contribution in [0.2, 0.25) is 0 Å². The smallest absolute Gasteiger partial charge is 0.234 e. The highest BCUT2D eigenvalue weighted by Crippen LogP contribution is 2.39. The fourth-order valence-electron chi connectivity index (χ4n) is 3.43. The number of carbonyl (C=O) groups excluding carboxylic acids is 2. The first kappa shape index (κ1) is 21.5. The summed E-state index contributed by atoms with van der Waals surface area (Å²) >= 11 is 1.16. The number of rotatable bonds is 7. The highest BCUT2D eigenvalue weighted by molar-refractivity contribution is 8.03. The van der Waals surface area contributed by atoms with E-state index in [1.54, 1.807) is 7.11 Å². The number of aryl methyl sites for hydroxylation is 1. The maximum atomic E-state index is 12.5. The second kappa shape index (κ2) is 9.99. The van der Waals surface area contributed by atoms with E-state index in [4.69, 9.17) is 4.74 Å². The average molecular weight is 422 g/mol. The van der Waals surface area contributed by atoms with Crippen molar-refractivity contribution < 1.29 is 14.3 Å². The minimum absolute atomic E-state index is 0.0808. The minimum Gasteiger partial charge on any atom is -0.496 e. The van der Waals surface area contributed by atoms with Crippen molar-refractivity contribution in [3.63, 3.8) is 0 Å². The average Bonchev–Trinajstić information content (AvgIpc) is 2.77. The number of hydrogen-bond acceptors (Lipinski definition) is 5. The minimum atomic E-state index is -0.411. The zero-order chi connectivity index (χ0) is 21.5. The Morgan fingerprint density at radius 1 is 1.27 bits per heavy atom. The first-order valence-electron chi connectivity index (χ1n) is 9.65. The summed E-state index contributed by atoms with van der Waals surface area (Å²) in [4.78, 5) is 24.8. The lowest BCUT2D eigenvalue weighted by Gasteiger charge is -2.26. The summed E-state index contributed by atoms with van der Waals surface area (Å²) in [5.41, 5.74) is 3.05. The van der Waals surface area contributed by atoms with Crippen LogP contribution in [0.25, 0.3) is 0 Å². The topological polar surface area (TPSA) is 91.2 Å². The number of ether oxygens (including phenoxy) is 1. The SMILES string of the molecule is CCc1ccccc1NC(=O)CSC1=C(C#N)[C@H](c2ccccc2OC)CC(=O)N1. The van der Waals surface area contributed by atoms with Gasteiger partial charge in [0.25, 0.3) is 0 Å². The molecular formula is C23H23N3O3S. The molecule has 0 spiro atoms. The van der Waals surface area contributed by atoms with Crippen LogP contribution >= 0.6 is 11.8 Å². The summed E-state index contributed by atoms with van der Waals surface area (Å²) < 4.78 is 5.41. The number of carbonyl (C=O) groups is 2. The summed E-state index contributed by atoms with van der Waals surface area (Å²) in [5, 5.41) is 15.9. The Bertz CT molecular complexity index is 1030. The van der Waals surface area contributed by atoms with E-state index in [1.165, 1.54) is 0 Å². The monoisotopic (exact) mass is 421 g/mol. The fraction of sp³-hybridized carbons (Fsp3) is 0.261. The standard InChI is InChI=1S/C23H23N3O3S/c1-3-15-8-4-6-10-19(15)25-22(28)14-30-23-18(13-24)17(12-21(27)26-23)16-9-5-7-11-20(16)29-2/h4-11,17H,3,12,14H2,1-2H3,(H,25,28)(H,26,27)/t17-/m0/s1. The molecule has 0 bridgehead atoms. The number of methoxy groups -OCH3 is 1. The van der Waals surface area contributed by atoms with Gasteiger partial charge in [0.05, 0.1) is 29.5 Å². The molecule has 1 heterocycles.